The number of nitrogens with zero attached hydrogens (tertiary/aromatic N) is 3. The molecule has 0 aliphatic heterocycles. The largest absolute Gasteiger partial charge is 0.384 e. The summed E-state index contributed by atoms with van der Waals surface area (Å²) in [5, 5.41) is 17.5. The van der Waals surface area contributed by atoms with Crippen molar-refractivity contribution in [3.8, 4) is 0 Å². The van der Waals surface area contributed by atoms with Gasteiger partial charge >= 0.3 is 0 Å². The Hall–Kier alpha value is -3.77. The molecule has 3 N–H and O–H groups in total. The standard InChI is InChI=1S/C28H31N5O/c1-18-16-24(11-10-22(18)17-29-4)31-28-30-13-12-25(33-28)32-26-19(2)14-23(15-20(26)3)27(34)21-8-6-5-7-9-21/h5-18,22,27,34H,1-4H3,(H2,30,31,32,33). The maximum Gasteiger partial charge on any atom is 0.229 e. The minimum absolute atomic E-state index is 0.304. The number of aromatic nitrogens is 2. The average molecular weight is 454 g/mol. The minimum atomic E-state index is -0.662. The maximum absolute atomic E-state index is 10.8. The van der Waals surface area contributed by atoms with E-state index in [2.05, 4.69) is 44.7 Å². The molecule has 3 atom stereocenters. The zero-order valence-electron chi connectivity index (χ0n) is 20.0. The highest BCUT2D eigenvalue weighted by molar-refractivity contribution is 5.67. The highest BCUT2D eigenvalue weighted by Crippen LogP contribution is 2.30. The first kappa shape index (κ1) is 23.4. The van der Waals surface area contributed by atoms with Crippen LogP contribution >= 0.6 is 0 Å². The van der Waals surface area contributed by atoms with Crippen LogP contribution in [0.2, 0.25) is 0 Å². The van der Waals surface area contributed by atoms with Gasteiger partial charge in [0.05, 0.1) is 0 Å². The number of hydrogen-bond donors (Lipinski definition) is 3. The van der Waals surface area contributed by atoms with Gasteiger partial charge < -0.3 is 20.7 Å². The smallest absolute Gasteiger partial charge is 0.229 e. The van der Waals surface area contributed by atoms with Gasteiger partial charge in [0.25, 0.3) is 0 Å². The molecule has 0 bridgehead atoms. The van der Waals surface area contributed by atoms with E-state index in [1.165, 1.54) is 0 Å². The number of aliphatic hydroxyl groups excluding tert-OH is 1. The Kier molecular flexibility index (Phi) is 7.18. The Morgan fingerprint density at radius 3 is 2.44 bits per heavy atom. The van der Waals surface area contributed by atoms with Crippen molar-refractivity contribution in [2.45, 2.75) is 26.9 Å². The van der Waals surface area contributed by atoms with E-state index >= 15 is 0 Å². The van der Waals surface area contributed by atoms with Gasteiger partial charge in [0.2, 0.25) is 5.95 Å². The molecule has 1 aliphatic carbocycles. The quantitative estimate of drug-likeness (QED) is 0.398. The van der Waals surface area contributed by atoms with E-state index in [0.29, 0.717) is 23.6 Å². The number of nitrogens with one attached hydrogen (secondary N) is 2. The van der Waals surface area contributed by atoms with Crippen LogP contribution < -0.4 is 10.6 Å². The molecule has 34 heavy (non-hydrogen) atoms. The molecule has 4 rings (SSSR count). The SMILES string of the molecule is CN=CC1C=CC(Nc2nccc(Nc3c(C)cc(C(O)c4ccccc4)cc3C)n2)=CC1C. The summed E-state index contributed by atoms with van der Waals surface area (Å²) >= 11 is 0. The Morgan fingerprint density at radius 1 is 1.03 bits per heavy atom. The van der Waals surface area contributed by atoms with Crippen molar-refractivity contribution in [1.29, 1.82) is 0 Å². The second-order valence-corrected chi connectivity index (χ2v) is 8.68. The number of benzene rings is 2. The van der Waals surface area contributed by atoms with Crippen molar-refractivity contribution in [3.05, 3.63) is 101 Å². The second kappa shape index (κ2) is 10.4. The topological polar surface area (TPSA) is 82.4 Å². The summed E-state index contributed by atoms with van der Waals surface area (Å²) in [7, 11) is 1.80. The monoisotopic (exact) mass is 453 g/mol. The van der Waals surface area contributed by atoms with E-state index in [9.17, 15) is 5.11 Å². The fraction of sp³-hybridized carbons (Fsp3) is 0.250. The van der Waals surface area contributed by atoms with Crippen LogP contribution in [0.5, 0.6) is 0 Å². The molecule has 3 aromatic rings. The van der Waals surface area contributed by atoms with E-state index in [4.69, 9.17) is 0 Å². The zero-order valence-corrected chi connectivity index (χ0v) is 20.0. The van der Waals surface area contributed by atoms with Crippen molar-refractivity contribution in [1.82, 2.24) is 9.97 Å². The highest BCUT2D eigenvalue weighted by Gasteiger charge is 2.16. The fourth-order valence-electron chi connectivity index (χ4n) is 4.21. The van der Waals surface area contributed by atoms with Crippen molar-refractivity contribution in [2.24, 2.45) is 16.8 Å². The predicted molar refractivity (Wildman–Crippen MR) is 140 cm³/mol. The van der Waals surface area contributed by atoms with Gasteiger partial charge in [0, 0.05) is 36.8 Å². The summed E-state index contributed by atoms with van der Waals surface area (Å²) in [4.78, 5) is 13.2. The van der Waals surface area contributed by atoms with E-state index in [1.807, 2.05) is 74.7 Å². The molecule has 1 aliphatic rings. The molecule has 0 radical (unpaired) electrons. The minimum Gasteiger partial charge on any atom is -0.384 e. The third kappa shape index (κ3) is 5.41. The lowest BCUT2D eigenvalue weighted by Gasteiger charge is -2.20. The van der Waals surface area contributed by atoms with E-state index in [-0.39, 0.29) is 0 Å². The van der Waals surface area contributed by atoms with Crippen LogP contribution in [0.25, 0.3) is 0 Å². The summed E-state index contributed by atoms with van der Waals surface area (Å²) in [6.45, 7) is 6.23. The third-order valence-corrected chi connectivity index (χ3v) is 6.02. The average Bonchev–Trinajstić information content (AvgIpc) is 2.83. The lowest BCUT2D eigenvalue weighted by molar-refractivity contribution is 0.220. The fourth-order valence-corrected chi connectivity index (χ4v) is 4.21. The molecule has 2 aromatic carbocycles. The highest BCUT2D eigenvalue weighted by atomic mass is 16.3. The normalized spacial score (nSPS) is 18.6. The van der Waals surface area contributed by atoms with Crippen LogP contribution in [-0.4, -0.2) is 28.3 Å². The van der Waals surface area contributed by atoms with Crippen LogP contribution in [0, 0.1) is 25.7 Å². The van der Waals surface area contributed by atoms with Crippen LogP contribution in [0.3, 0.4) is 0 Å². The molecule has 0 saturated carbocycles. The molecular formula is C28H31N5O. The number of hydrogen-bond acceptors (Lipinski definition) is 6. The van der Waals surface area contributed by atoms with E-state index in [1.54, 1.807) is 13.2 Å². The number of allylic oxidation sites excluding steroid dienone is 3. The first-order valence-corrected chi connectivity index (χ1v) is 11.5. The summed E-state index contributed by atoms with van der Waals surface area (Å²) in [5.41, 5.74) is 5.76. The molecule has 6 nitrogen and oxygen atoms in total. The van der Waals surface area contributed by atoms with Gasteiger partial charge in [0.1, 0.15) is 11.9 Å². The molecule has 174 valence electrons. The summed E-state index contributed by atoms with van der Waals surface area (Å²) in [6, 6.07) is 15.6. The molecular weight excluding hydrogens is 422 g/mol. The summed E-state index contributed by atoms with van der Waals surface area (Å²) < 4.78 is 0. The van der Waals surface area contributed by atoms with Crippen molar-refractivity contribution < 1.29 is 5.11 Å². The van der Waals surface area contributed by atoms with Gasteiger partial charge in [0.15, 0.2) is 0 Å². The third-order valence-electron chi connectivity index (χ3n) is 6.02. The van der Waals surface area contributed by atoms with Gasteiger partial charge in [-0.05, 0) is 54.2 Å². The van der Waals surface area contributed by atoms with E-state index in [0.717, 1.165) is 33.6 Å². The lowest BCUT2D eigenvalue weighted by atomic mass is 9.90. The van der Waals surface area contributed by atoms with Gasteiger partial charge in [-0.3, -0.25) is 0 Å². The van der Waals surface area contributed by atoms with Crippen molar-refractivity contribution in [2.75, 3.05) is 17.7 Å². The first-order valence-electron chi connectivity index (χ1n) is 11.5. The van der Waals surface area contributed by atoms with Crippen molar-refractivity contribution in [3.63, 3.8) is 0 Å². The Labute approximate surface area is 201 Å². The molecule has 3 unspecified atom stereocenters. The molecule has 0 fully saturated rings. The first-order chi connectivity index (χ1) is 16.4. The predicted octanol–water partition coefficient (Wildman–Crippen LogP) is 5.74. The Bertz CT molecular complexity index is 1210. The zero-order chi connectivity index (χ0) is 24.1. The molecule has 0 spiro atoms. The number of aryl methyl sites for hydroxylation is 2. The molecule has 6 heteroatoms. The van der Waals surface area contributed by atoms with Gasteiger partial charge in [-0.1, -0.05) is 61.5 Å². The molecule has 1 heterocycles. The molecule has 1 aromatic heterocycles. The number of aliphatic hydroxyl groups is 1. The Morgan fingerprint density at radius 2 is 1.76 bits per heavy atom. The van der Waals surface area contributed by atoms with E-state index < -0.39 is 6.10 Å². The summed E-state index contributed by atoms with van der Waals surface area (Å²) in [5.74, 6) is 1.87. The van der Waals surface area contributed by atoms with Crippen LogP contribution in [0.1, 0.15) is 35.3 Å². The number of anilines is 3. The Balaban J connectivity index is 1.50. The van der Waals surface area contributed by atoms with Gasteiger partial charge in [-0.2, -0.15) is 4.98 Å². The lowest BCUT2D eigenvalue weighted by Crippen LogP contribution is -2.15. The van der Waals surface area contributed by atoms with Crippen molar-refractivity contribution >= 4 is 23.7 Å². The van der Waals surface area contributed by atoms with Gasteiger partial charge in [-0.25, -0.2) is 4.98 Å². The molecule has 0 amide bonds. The maximum atomic E-state index is 10.8. The van der Waals surface area contributed by atoms with Gasteiger partial charge in [-0.15, -0.1) is 0 Å². The number of aliphatic imine (C=N–C) groups is 1. The van der Waals surface area contributed by atoms with Crippen LogP contribution in [-0.2, 0) is 0 Å². The number of rotatable bonds is 7. The second-order valence-electron chi connectivity index (χ2n) is 8.68. The summed E-state index contributed by atoms with van der Waals surface area (Å²) in [6.07, 6.45) is 9.38. The van der Waals surface area contributed by atoms with Crippen LogP contribution in [0.15, 0.2) is 83.6 Å². The van der Waals surface area contributed by atoms with Crippen LogP contribution in [0.4, 0.5) is 17.5 Å². The molecule has 0 saturated heterocycles.